The van der Waals surface area contributed by atoms with E-state index in [1.807, 2.05) is 0 Å². The van der Waals surface area contributed by atoms with Gasteiger partial charge in [0.05, 0.1) is 18.8 Å². The maximum Gasteiger partial charge on any atom is 0.254 e. The lowest BCUT2D eigenvalue weighted by Gasteiger charge is -2.28. The fourth-order valence-corrected chi connectivity index (χ4v) is 4.01. The molecule has 0 unspecified atom stereocenters. The van der Waals surface area contributed by atoms with Gasteiger partial charge in [-0.25, -0.2) is 9.97 Å². The van der Waals surface area contributed by atoms with Crippen molar-refractivity contribution >= 4 is 18.1 Å². The average Bonchev–Trinajstić information content (AvgIpc) is 3.30. The Kier molecular flexibility index (Phi) is 5.32. The van der Waals surface area contributed by atoms with Crippen LogP contribution < -0.4 is 5.32 Å². The molecule has 1 aromatic heterocycles. The van der Waals surface area contributed by atoms with Crippen LogP contribution in [0.5, 0.6) is 0 Å². The Bertz CT molecular complexity index is 903. The Morgan fingerprint density at radius 2 is 1.97 bits per heavy atom. The van der Waals surface area contributed by atoms with Gasteiger partial charge in [0, 0.05) is 30.8 Å². The highest BCUT2D eigenvalue weighted by Crippen LogP contribution is 2.27. The van der Waals surface area contributed by atoms with Crippen LogP contribution in [0, 0.1) is 0 Å². The molecule has 0 bridgehead atoms. The molecule has 0 spiro atoms. The monoisotopic (exact) mass is 394 g/mol. The van der Waals surface area contributed by atoms with E-state index in [-0.39, 0.29) is 25.0 Å². The Balaban J connectivity index is 1.38. The number of rotatable bonds is 7. The van der Waals surface area contributed by atoms with Crippen LogP contribution in [0.2, 0.25) is 0 Å². The highest BCUT2D eigenvalue weighted by molar-refractivity contribution is 5.84. The first kappa shape index (κ1) is 19.5. The van der Waals surface area contributed by atoms with E-state index in [4.69, 9.17) is 4.74 Å². The number of amides is 1. The zero-order valence-corrected chi connectivity index (χ0v) is 16.9. The van der Waals surface area contributed by atoms with Crippen molar-refractivity contribution in [2.24, 2.45) is 0 Å². The van der Waals surface area contributed by atoms with Crippen molar-refractivity contribution in [3.63, 3.8) is 0 Å². The van der Waals surface area contributed by atoms with Crippen molar-refractivity contribution < 1.29 is 14.3 Å². The molecule has 0 saturated carbocycles. The second-order valence-electron chi connectivity index (χ2n) is 8.16. The van der Waals surface area contributed by atoms with E-state index in [1.165, 1.54) is 11.1 Å². The molecule has 7 nitrogen and oxygen atoms in total. The second kappa shape index (κ2) is 7.91. The Hall–Kier alpha value is -2.80. The molecular formula is C22H26N4O3. The summed E-state index contributed by atoms with van der Waals surface area (Å²) in [4.78, 5) is 34.2. The summed E-state index contributed by atoms with van der Waals surface area (Å²) >= 11 is 0. The second-order valence-corrected chi connectivity index (χ2v) is 8.16. The van der Waals surface area contributed by atoms with Gasteiger partial charge in [-0.3, -0.25) is 4.79 Å². The lowest BCUT2D eigenvalue weighted by Crippen LogP contribution is -2.45. The van der Waals surface area contributed by atoms with Gasteiger partial charge in [-0.05, 0) is 37.8 Å². The minimum Gasteiger partial charge on any atom is -0.365 e. The SMILES string of the molecule is CC(C)(OCCC=O)C(=O)N1Cc2cnc(NC3Cc4ccccc4C3)nc2C1. The third-order valence-corrected chi connectivity index (χ3v) is 5.54. The molecule has 1 aromatic carbocycles. The molecule has 1 amide bonds. The molecule has 2 heterocycles. The van der Waals surface area contributed by atoms with Gasteiger partial charge in [-0.1, -0.05) is 24.3 Å². The standard InChI is InChI=1S/C22H26N4O3/c1-22(2,29-9-5-8-27)20(28)26-13-17-12-23-21(25-19(17)14-26)24-18-10-15-6-3-4-7-16(15)11-18/h3-4,6-8,12,18H,5,9-11,13-14H2,1-2H3,(H,23,24,25). The van der Waals surface area contributed by atoms with Gasteiger partial charge in [-0.2, -0.15) is 0 Å². The molecule has 1 aliphatic carbocycles. The number of aldehydes is 1. The predicted molar refractivity (Wildman–Crippen MR) is 108 cm³/mol. The summed E-state index contributed by atoms with van der Waals surface area (Å²) in [5.41, 5.74) is 3.60. The first-order valence-electron chi connectivity index (χ1n) is 10.0. The fraction of sp³-hybridized carbons (Fsp3) is 0.455. The number of benzene rings is 1. The molecule has 29 heavy (non-hydrogen) atoms. The van der Waals surface area contributed by atoms with E-state index in [9.17, 15) is 9.59 Å². The summed E-state index contributed by atoms with van der Waals surface area (Å²) in [5, 5.41) is 3.44. The van der Waals surface area contributed by atoms with Crippen LogP contribution in [-0.4, -0.2) is 45.3 Å². The van der Waals surface area contributed by atoms with Gasteiger partial charge in [0.15, 0.2) is 0 Å². The van der Waals surface area contributed by atoms with Gasteiger partial charge < -0.3 is 19.7 Å². The number of anilines is 1. The van der Waals surface area contributed by atoms with E-state index in [1.54, 1.807) is 24.9 Å². The summed E-state index contributed by atoms with van der Waals surface area (Å²) < 4.78 is 5.62. The molecule has 2 aromatic rings. The topological polar surface area (TPSA) is 84.4 Å². The summed E-state index contributed by atoms with van der Waals surface area (Å²) in [6, 6.07) is 8.77. The third-order valence-electron chi connectivity index (χ3n) is 5.54. The van der Waals surface area contributed by atoms with Crippen LogP contribution in [0.15, 0.2) is 30.5 Å². The lowest BCUT2D eigenvalue weighted by atomic mass is 10.1. The molecule has 1 aliphatic heterocycles. The van der Waals surface area contributed by atoms with Gasteiger partial charge in [0.2, 0.25) is 5.95 Å². The lowest BCUT2D eigenvalue weighted by molar-refractivity contribution is -0.155. The van der Waals surface area contributed by atoms with Crippen LogP contribution in [-0.2, 0) is 40.3 Å². The quantitative estimate of drug-likeness (QED) is 0.573. The van der Waals surface area contributed by atoms with Gasteiger partial charge in [0.1, 0.15) is 11.9 Å². The summed E-state index contributed by atoms with van der Waals surface area (Å²) in [6.07, 6.45) is 4.81. The van der Waals surface area contributed by atoms with Crippen LogP contribution >= 0.6 is 0 Å². The van der Waals surface area contributed by atoms with Crippen molar-refractivity contribution in [1.29, 1.82) is 0 Å². The van der Waals surface area contributed by atoms with E-state index in [2.05, 4.69) is 39.6 Å². The maximum absolute atomic E-state index is 12.9. The molecular weight excluding hydrogens is 368 g/mol. The zero-order chi connectivity index (χ0) is 20.4. The van der Waals surface area contributed by atoms with Crippen molar-refractivity contribution in [3.8, 4) is 0 Å². The summed E-state index contributed by atoms with van der Waals surface area (Å²) in [7, 11) is 0. The minimum absolute atomic E-state index is 0.109. The van der Waals surface area contributed by atoms with Crippen molar-refractivity contribution in [3.05, 3.63) is 52.8 Å². The molecule has 2 aliphatic rings. The number of nitrogens with one attached hydrogen (secondary N) is 1. The first-order chi connectivity index (χ1) is 14.0. The number of nitrogens with zero attached hydrogens (tertiary/aromatic N) is 3. The number of carbonyl (C=O) groups is 2. The van der Waals surface area contributed by atoms with Gasteiger partial charge in [-0.15, -0.1) is 0 Å². The number of hydrogen-bond donors (Lipinski definition) is 1. The van der Waals surface area contributed by atoms with Crippen LogP contribution in [0.1, 0.15) is 42.7 Å². The van der Waals surface area contributed by atoms with Gasteiger partial charge >= 0.3 is 0 Å². The van der Waals surface area contributed by atoms with Crippen molar-refractivity contribution in [1.82, 2.24) is 14.9 Å². The van der Waals surface area contributed by atoms with E-state index < -0.39 is 5.60 Å². The van der Waals surface area contributed by atoms with E-state index in [0.29, 0.717) is 19.0 Å². The van der Waals surface area contributed by atoms with Crippen molar-refractivity contribution in [2.45, 2.75) is 57.8 Å². The third kappa shape index (κ3) is 4.15. The normalized spacial score (nSPS) is 15.9. The first-order valence-corrected chi connectivity index (χ1v) is 10.0. The number of ether oxygens (including phenoxy) is 1. The largest absolute Gasteiger partial charge is 0.365 e. The number of hydrogen-bond acceptors (Lipinski definition) is 6. The number of fused-ring (bicyclic) bond motifs is 2. The molecule has 0 saturated heterocycles. The van der Waals surface area contributed by atoms with Crippen molar-refractivity contribution in [2.75, 3.05) is 11.9 Å². The summed E-state index contributed by atoms with van der Waals surface area (Å²) in [5.74, 6) is 0.500. The van der Waals surface area contributed by atoms with Crippen LogP contribution in [0.3, 0.4) is 0 Å². The number of aromatic nitrogens is 2. The molecule has 0 fully saturated rings. The Morgan fingerprint density at radius 3 is 2.66 bits per heavy atom. The van der Waals surface area contributed by atoms with E-state index >= 15 is 0 Å². The fourth-order valence-electron chi connectivity index (χ4n) is 4.01. The van der Waals surface area contributed by atoms with Crippen LogP contribution in [0.4, 0.5) is 5.95 Å². The number of carbonyl (C=O) groups excluding carboxylic acids is 2. The molecule has 7 heteroatoms. The molecule has 1 N–H and O–H groups in total. The van der Waals surface area contributed by atoms with Crippen LogP contribution in [0.25, 0.3) is 0 Å². The average molecular weight is 394 g/mol. The Morgan fingerprint density at radius 1 is 1.24 bits per heavy atom. The highest BCUT2D eigenvalue weighted by atomic mass is 16.5. The highest BCUT2D eigenvalue weighted by Gasteiger charge is 2.36. The van der Waals surface area contributed by atoms with Gasteiger partial charge in [0.25, 0.3) is 5.91 Å². The summed E-state index contributed by atoms with van der Waals surface area (Å²) in [6.45, 7) is 4.63. The smallest absolute Gasteiger partial charge is 0.254 e. The molecule has 4 rings (SSSR count). The molecule has 0 atom stereocenters. The zero-order valence-electron chi connectivity index (χ0n) is 16.9. The molecule has 152 valence electrons. The van der Waals surface area contributed by atoms with E-state index in [0.717, 1.165) is 30.4 Å². The predicted octanol–water partition coefficient (Wildman–Crippen LogP) is 2.28. The minimum atomic E-state index is -0.977. The molecule has 0 radical (unpaired) electrons. The Labute approximate surface area is 170 Å². The maximum atomic E-state index is 12.9.